The molecule has 68 valence electrons. The molecule has 1 rings (SSSR count). The number of hydrogen-bond acceptors (Lipinski definition) is 3. The summed E-state index contributed by atoms with van der Waals surface area (Å²) in [6.07, 6.45) is 1.98. The van der Waals surface area contributed by atoms with Crippen LogP contribution < -0.4 is 5.32 Å². The van der Waals surface area contributed by atoms with E-state index in [9.17, 15) is 0 Å². The molecule has 1 aromatic rings. The van der Waals surface area contributed by atoms with E-state index in [1.807, 2.05) is 10.9 Å². The van der Waals surface area contributed by atoms with Gasteiger partial charge in [0.2, 0.25) is 0 Å². The average Bonchev–Trinajstić information content (AvgIpc) is 2.48. The molecular weight excluding hydrogens is 152 g/mol. The van der Waals surface area contributed by atoms with Crippen LogP contribution in [0.3, 0.4) is 0 Å². The largest absolute Gasteiger partial charge is 0.311 e. The van der Waals surface area contributed by atoms with Gasteiger partial charge in [0.15, 0.2) is 0 Å². The van der Waals surface area contributed by atoms with Crippen LogP contribution in [0.2, 0.25) is 0 Å². The van der Waals surface area contributed by atoms with Crippen LogP contribution in [-0.4, -0.2) is 21.5 Å². The molecule has 1 heterocycles. The van der Waals surface area contributed by atoms with Crippen LogP contribution in [0.4, 0.5) is 0 Å². The number of hydrogen-bond donors (Lipinski definition) is 1. The van der Waals surface area contributed by atoms with Crippen molar-refractivity contribution in [3.63, 3.8) is 0 Å². The zero-order chi connectivity index (χ0) is 8.97. The molecule has 0 spiro atoms. The van der Waals surface area contributed by atoms with Crippen molar-refractivity contribution in [1.29, 1.82) is 0 Å². The van der Waals surface area contributed by atoms with Gasteiger partial charge in [-0.15, -0.1) is 5.10 Å². The molecule has 0 aliphatic rings. The Labute approximate surface area is 73.0 Å². The zero-order valence-electron chi connectivity index (χ0n) is 7.91. The Morgan fingerprint density at radius 3 is 2.83 bits per heavy atom. The first-order valence-corrected chi connectivity index (χ1v) is 4.35. The lowest BCUT2D eigenvalue weighted by molar-refractivity contribution is 0.514. The summed E-state index contributed by atoms with van der Waals surface area (Å²) in [7, 11) is 0. The van der Waals surface area contributed by atoms with Crippen molar-refractivity contribution in [3.05, 3.63) is 11.9 Å². The second-order valence-corrected chi connectivity index (χ2v) is 3.06. The van der Waals surface area contributed by atoms with E-state index in [4.69, 9.17) is 0 Å². The zero-order valence-corrected chi connectivity index (χ0v) is 7.91. The topological polar surface area (TPSA) is 42.7 Å². The highest BCUT2D eigenvalue weighted by Gasteiger charge is 2.01. The molecule has 0 bridgehead atoms. The Hall–Kier alpha value is -0.900. The molecule has 0 fully saturated rings. The lowest BCUT2D eigenvalue weighted by Gasteiger charge is -2.01. The minimum atomic E-state index is 0.396. The molecule has 4 heteroatoms. The third kappa shape index (κ3) is 2.30. The number of rotatable bonds is 4. The summed E-state index contributed by atoms with van der Waals surface area (Å²) < 4.78 is 1.87. The fraction of sp³-hybridized carbons (Fsp3) is 0.750. The Morgan fingerprint density at radius 2 is 2.33 bits per heavy atom. The Bertz CT molecular complexity index is 229. The van der Waals surface area contributed by atoms with E-state index in [0.29, 0.717) is 6.04 Å². The van der Waals surface area contributed by atoms with Crippen molar-refractivity contribution in [2.24, 2.45) is 0 Å². The summed E-state index contributed by atoms with van der Waals surface area (Å²) >= 11 is 0. The molecule has 0 unspecified atom stereocenters. The Balaban J connectivity index is 2.52. The van der Waals surface area contributed by atoms with E-state index in [2.05, 4.69) is 36.4 Å². The van der Waals surface area contributed by atoms with E-state index >= 15 is 0 Å². The van der Waals surface area contributed by atoms with Crippen LogP contribution in [-0.2, 0) is 6.54 Å². The number of nitrogens with zero attached hydrogens (tertiary/aromatic N) is 3. The molecule has 12 heavy (non-hydrogen) atoms. The standard InChI is InChI=1S/C8H16N4/c1-4-9-5-8-6-12(7(2)3)11-10-8/h6-7,9H,4-5H2,1-3H3. The number of aromatic nitrogens is 3. The maximum absolute atomic E-state index is 4.03. The highest BCUT2D eigenvalue weighted by Crippen LogP contribution is 2.01. The van der Waals surface area contributed by atoms with Crippen LogP contribution in [0.25, 0.3) is 0 Å². The second-order valence-electron chi connectivity index (χ2n) is 3.06. The van der Waals surface area contributed by atoms with Gasteiger partial charge in [-0.05, 0) is 20.4 Å². The van der Waals surface area contributed by atoms with Crippen molar-refractivity contribution in [3.8, 4) is 0 Å². The fourth-order valence-electron chi connectivity index (χ4n) is 0.900. The Morgan fingerprint density at radius 1 is 1.58 bits per heavy atom. The van der Waals surface area contributed by atoms with Gasteiger partial charge in [-0.1, -0.05) is 12.1 Å². The van der Waals surface area contributed by atoms with E-state index in [1.165, 1.54) is 0 Å². The van der Waals surface area contributed by atoms with Crippen molar-refractivity contribution in [2.75, 3.05) is 6.54 Å². The summed E-state index contributed by atoms with van der Waals surface area (Å²) in [5.41, 5.74) is 1.01. The third-order valence-corrected chi connectivity index (χ3v) is 1.64. The van der Waals surface area contributed by atoms with Gasteiger partial charge in [0.05, 0.1) is 11.9 Å². The van der Waals surface area contributed by atoms with Crippen molar-refractivity contribution >= 4 is 0 Å². The average molecular weight is 168 g/mol. The van der Waals surface area contributed by atoms with Crippen LogP contribution in [0, 0.1) is 0 Å². The van der Waals surface area contributed by atoms with Crippen LogP contribution in [0.5, 0.6) is 0 Å². The van der Waals surface area contributed by atoms with Gasteiger partial charge in [0.25, 0.3) is 0 Å². The van der Waals surface area contributed by atoms with Gasteiger partial charge in [-0.25, -0.2) is 4.68 Å². The lowest BCUT2D eigenvalue weighted by atomic mass is 10.4. The first-order chi connectivity index (χ1) is 5.74. The molecule has 0 saturated carbocycles. The van der Waals surface area contributed by atoms with E-state index in [1.54, 1.807) is 0 Å². The molecule has 0 amide bonds. The first kappa shape index (κ1) is 9.19. The van der Waals surface area contributed by atoms with Gasteiger partial charge < -0.3 is 5.32 Å². The molecule has 0 aromatic carbocycles. The molecule has 0 saturated heterocycles. The predicted octanol–water partition coefficient (Wildman–Crippen LogP) is 0.968. The molecule has 0 radical (unpaired) electrons. The third-order valence-electron chi connectivity index (χ3n) is 1.64. The summed E-state index contributed by atoms with van der Waals surface area (Å²) in [5.74, 6) is 0. The first-order valence-electron chi connectivity index (χ1n) is 4.35. The minimum absolute atomic E-state index is 0.396. The van der Waals surface area contributed by atoms with E-state index in [0.717, 1.165) is 18.8 Å². The molecule has 1 N–H and O–H groups in total. The summed E-state index contributed by atoms with van der Waals surface area (Å²) in [6, 6.07) is 0.396. The van der Waals surface area contributed by atoms with Gasteiger partial charge in [-0.3, -0.25) is 0 Å². The summed E-state index contributed by atoms with van der Waals surface area (Å²) in [4.78, 5) is 0. The fourth-order valence-corrected chi connectivity index (χ4v) is 0.900. The minimum Gasteiger partial charge on any atom is -0.311 e. The van der Waals surface area contributed by atoms with Crippen LogP contribution in [0.15, 0.2) is 6.20 Å². The van der Waals surface area contributed by atoms with Crippen molar-refractivity contribution < 1.29 is 0 Å². The second kappa shape index (κ2) is 4.21. The monoisotopic (exact) mass is 168 g/mol. The lowest BCUT2D eigenvalue weighted by Crippen LogP contribution is -2.11. The van der Waals surface area contributed by atoms with Gasteiger partial charge in [0, 0.05) is 12.6 Å². The Kier molecular flexibility index (Phi) is 3.22. The van der Waals surface area contributed by atoms with Crippen molar-refractivity contribution in [1.82, 2.24) is 20.3 Å². The number of nitrogens with one attached hydrogen (secondary N) is 1. The molecule has 0 atom stereocenters. The molecule has 0 aliphatic heterocycles. The highest BCUT2D eigenvalue weighted by atomic mass is 15.4. The van der Waals surface area contributed by atoms with Crippen molar-refractivity contribution in [2.45, 2.75) is 33.4 Å². The molecule has 1 aromatic heterocycles. The van der Waals surface area contributed by atoms with Gasteiger partial charge >= 0.3 is 0 Å². The summed E-state index contributed by atoms with van der Waals surface area (Å²) in [6.45, 7) is 8.03. The van der Waals surface area contributed by atoms with Crippen LogP contribution >= 0.6 is 0 Å². The SMILES string of the molecule is CCNCc1cn(C(C)C)nn1. The van der Waals surface area contributed by atoms with E-state index in [-0.39, 0.29) is 0 Å². The van der Waals surface area contributed by atoms with Crippen LogP contribution in [0.1, 0.15) is 32.5 Å². The van der Waals surface area contributed by atoms with Gasteiger partial charge in [-0.2, -0.15) is 0 Å². The maximum atomic E-state index is 4.03. The highest BCUT2D eigenvalue weighted by molar-refractivity contribution is 4.91. The smallest absolute Gasteiger partial charge is 0.0964 e. The van der Waals surface area contributed by atoms with Gasteiger partial charge in [0.1, 0.15) is 0 Å². The van der Waals surface area contributed by atoms with E-state index < -0.39 is 0 Å². The molecular formula is C8H16N4. The summed E-state index contributed by atoms with van der Waals surface area (Å²) in [5, 5.41) is 11.2. The molecule has 4 nitrogen and oxygen atoms in total. The normalized spacial score (nSPS) is 11.0. The molecule has 0 aliphatic carbocycles. The predicted molar refractivity (Wildman–Crippen MR) is 47.8 cm³/mol. The maximum Gasteiger partial charge on any atom is 0.0964 e. The quantitative estimate of drug-likeness (QED) is 0.728.